The molecular formula is C19H19F2N5O2S. The van der Waals surface area contributed by atoms with E-state index in [1.807, 2.05) is 42.2 Å². The van der Waals surface area contributed by atoms with Crippen molar-refractivity contribution in [1.82, 2.24) is 20.3 Å². The summed E-state index contributed by atoms with van der Waals surface area (Å²) < 4.78 is 25.8. The number of carbonyl (C=O) groups excluding carboxylic acids is 1. The molecule has 1 aliphatic rings. The zero-order valence-electron chi connectivity index (χ0n) is 15.6. The van der Waals surface area contributed by atoms with Crippen LogP contribution in [-0.4, -0.2) is 33.4 Å². The molecule has 152 valence electrons. The first-order valence-electron chi connectivity index (χ1n) is 9.25. The lowest BCUT2D eigenvalue weighted by Gasteiger charge is -2.25. The van der Waals surface area contributed by atoms with Crippen molar-refractivity contribution in [2.24, 2.45) is 0 Å². The molecule has 0 bridgehead atoms. The highest BCUT2D eigenvalue weighted by molar-refractivity contribution is 7.21. The number of H-pyrrole nitrogens is 1. The number of nitrogens with zero attached hydrogens (tertiary/aromatic N) is 3. The molecule has 7 nitrogen and oxygen atoms in total. The first-order chi connectivity index (χ1) is 13.9. The second-order valence-corrected chi connectivity index (χ2v) is 7.85. The summed E-state index contributed by atoms with van der Waals surface area (Å²) in [4.78, 5) is 37.1. The number of fused-ring (bicyclic) bond motifs is 1. The van der Waals surface area contributed by atoms with E-state index in [9.17, 15) is 18.4 Å². The maximum Gasteiger partial charge on any atom is 0.295 e. The molecule has 3 aromatic rings. The van der Waals surface area contributed by atoms with Crippen LogP contribution in [0, 0.1) is 0 Å². The Kier molecular flexibility index (Phi) is 5.27. The molecule has 0 saturated carbocycles. The fraction of sp³-hybridized carbons (Fsp3) is 0.368. The number of anilines is 1. The summed E-state index contributed by atoms with van der Waals surface area (Å²) in [5.41, 5.74) is 0.310. The van der Waals surface area contributed by atoms with Gasteiger partial charge in [-0.05, 0) is 25.3 Å². The van der Waals surface area contributed by atoms with E-state index in [4.69, 9.17) is 0 Å². The van der Waals surface area contributed by atoms with Gasteiger partial charge in [0.05, 0.1) is 6.04 Å². The van der Waals surface area contributed by atoms with E-state index >= 15 is 0 Å². The molecule has 1 aromatic carbocycles. The minimum absolute atomic E-state index is 0.0121. The number of thiazole rings is 1. The number of amides is 1. The number of rotatable bonds is 5. The molecule has 2 N–H and O–H groups in total. The molecule has 10 heteroatoms. The van der Waals surface area contributed by atoms with Crippen molar-refractivity contribution in [3.05, 3.63) is 52.1 Å². The van der Waals surface area contributed by atoms with Crippen molar-refractivity contribution in [3.8, 4) is 0 Å². The summed E-state index contributed by atoms with van der Waals surface area (Å²) >= 11 is 1.05. The van der Waals surface area contributed by atoms with Gasteiger partial charge in [0.15, 0.2) is 21.3 Å². The first kappa shape index (κ1) is 19.4. The van der Waals surface area contributed by atoms with Crippen molar-refractivity contribution < 1.29 is 13.6 Å². The molecule has 1 amide bonds. The molecule has 1 saturated heterocycles. The molecule has 29 heavy (non-hydrogen) atoms. The van der Waals surface area contributed by atoms with Crippen LogP contribution in [0.4, 0.5) is 13.9 Å². The largest absolute Gasteiger partial charge is 0.348 e. The summed E-state index contributed by atoms with van der Waals surface area (Å²) in [6, 6.07) is 9.06. The number of nitrogens with one attached hydrogen (secondary N) is 2. The number of aromatic nitrogens is 3. The second-order valence-electron chi connectivity index (χ2n) is 6.89. The van der Waals surface area contributed by atoms with E-state index in [0.29, 0.717) is 18.1 Å². The molecule has 0 spiro atoms. The maximum atomic E-state index is 12.9. The zero-order valence-corrected chi connectivity index (χ0v) is 16.4. The summed E-state index contributed by atoms with van der Waals surface area (Å²) in [6.45, 7) is 2.51. The predicted molar refractivity (Wildman–Crippen MR) is 106 cm³/mol. The third kappa shape index (κ3) is 3.84. The molecule has 0 radical (unpaired) electrons. The van der Waals surface area contributed by atoms with E-state index in [1.54, 1.807) is 0 Å². The summed E-state index contributed by atoms with van der Waals surface area (Å²) in [5.74, 6) is -0.807. The lowest BCUT2D eigenvalue weighted by molar-refractivity contribution is -0.122. The highest BCUT2D eigenvalue weighted by atomic mass is 32.1. The summed E-state index contributed by atoms with van der Waals surface area (Å²) in [6.07, 6.45) is -1.43. The predicted octanol–water partition coefficient (Wildman–Crippen LogP) is 3.16. The van der Waals surface area contributed by atoms with Gasteiger partial charge in [-0.25, -0.2) is 18.7 Å². The van der Waals surface area contributed by atoms with Crippen LogP contribution in [0.25, 0.3) is 10.3 Å². The molecule has 2 atom stereocenters. The van der Waals surface area contributed by atoms with E-state index in [2.05, 4.69) is 20.3 Å². The van der Waals surface area contributed by atoms with E-state index in [1.165, 1.54) is 0 Å². The first-order valence-corrected chi connectivity index (χ1v) is 10.1. The van der Waals surface area contributed by atoms with Gasteiger partial charge < -0.3 is 15.2 Å². The SMILES string of the molecule is C[C@@H](NC(=O)C1CCCN1c1nc2c(=O)[nH]c(C(F)F)nc2s1)c1ccccc1. The van der Waals surface area contributed by atoms with Gasteiger partial charge >= 0.3 is 0 Å². The molecule has 3 heterocycles. The van der Waals surface area contributed by atoms with Crippen LogP contribution in [0.1, 0.15) is 43.6 Å². The Morgan fingerprint density at radius 1 is 1.31 bits per heavy atom. The molecule has 1 fully saturated rings. The third-order valence-corrected chi connectivity index (χ3v) is 5.93. The second kappa shape index (κ2) is 7.86. The lowest BCUT2D eigenvalue weighted by Crippen LogP contribution is -2.44. The van der Waals surface area contributed by atoms with Crippen molar-refractivity contribution in [2.45, 2.75) is 38.3 Å². The molecule has 2 aromatic heterocycles. The van der Waals surface area contributed by atoms with Crippen LogP contribution in [0.2, 0.25) is 0 Å². The van der Waals surface area contributed by atoms with Gasteiger partial charge in [-0.15, -0.1) is 0 Å². The Labute approximate surface area is 168 Å². The minimum atomic E-state index is -2.87. The Morgan fingerprint density at radius 2 is 2.07 bits per heavy atom. The van der Waals surface area contributed by atoms with E-state index < -0.39 is 23.9 Å². The topological polar surface area (TPSA) is 91.0 Å². The van der Waals surface area contributed by atoms with Crippen LogP contribution in [0.3, 0.4) is 0 Å². The Bertz CT molecular complexity index is 1090. The van der Waals surface area contributed by atoms with Gasteiger partial charge in [0, 0.05) is 6.54 Å². The highest BCUT2D eigenvalue weighted by Gasteiger charge is 2.34. The zero-order chi connectivity index (χ0) is 20.5. The number of hydrogen-bond acceptors (Lipinski definition) is 6. The van der Waals surface area contributed by atoms with Gasteiger partial charge in [-0.1, -0.05) is 41.7 Å². The van der Waals surface area contributed by atoms with Crippen LogP contribution in [0.5, 0.6) is 0 Å². The number of aromatic amines is 1. The molecule has 4 rings (SSSR count). The van der Waals surface area contributed by atoms with E-state index in [0.717, 1.165) is 23.3 Å². The smallest absolute Gasteiger partial charge is 0.295 e. The average Bonchev–Trinajstić information content (AvgIpc) is 3.35. The molecule has 0 aliphatic carbocycles. The van der Waals surface area contributed by atoms with Crippen molar-refractivity contribution in [3.63, 3.8) is 0 Å². The van der Waals surface area contributed by atoms with Crippen molar-refractivity contribution >= 4 is 32.7 Å². The van der Waals surface area contributed by atoms with Gasteiger partial charge in [-0.2, -0.15) is 0 Å². The fourth-order valence-corrected chi connectivity index (χ4v) is 4.49. The van der Waals surface area contributed by atoms with Crippen molar-refractivity contribution in [1.29, 1.82) is 0 Å². The normalized spacial score (nSPS) is 17.8. The standard InChI is InChI=1S/C19H19F2N5O2S/c1-10(11-6-3-2-4-7-11)22-16(27)12-8-5-9-26(12)19-23-13-17(28)24-15(14(20)21)25-18(13)29-19/h2-4,6-7,10,12,14H,5,8-9H2,1H3,(H,22,27)(H,24,25,28)/t10-,12?/m1/s1. The fourth-order valence-electron chi connectivity index (χ4n) is 3.47. The number of halogens is 2. The minimum Gasteiger partial charge on any atom is -0.348 e. The van der Waals surface area contributed by atoms with Gasteiger partial charge in [0.1, 0.15) is 6.04 Å². The number of benzene rings is 1. The maximum absolute atomic E-state index is 12.9. The van der Waals surface area contributed by atoms with Gasteiger partial charge in [-0.3, -0.25) is 9.59 Å². The Morgan fingerprint density at radius 3 is 2.79 bits per heavy atom. The van der Waals surface area contributed by atoms with Gasteiger partial charge in [0.2, 0.25) is 5.91 Å². The van der Waals surface area contributed by atoms with Crippen LogP contribution in [0.15, 0.2) is 35.1 Å². The Hall–Kier alpha value is -2.88. The third-order valence-electron chi connectivity index (χ3n) is 4.94. The number of hydrogen-bond donors (Lipinski definition) is 2. The van der Waals surface area contributed by atoms with Crippen molar-refractivity contribution in [2.75, 3.05) is 11.4 Å². The monoisotopic (exact) mass is 419 g/mol. The summed E-state index contributed by atoms with van der Waals surface area (Å²) in [5, 5.41) is 3.46. The van der Waals surface area contributed by atoms with Crippen LogP contribution >= 0.6 is 11.3 Å². The highest BCUT2D eigenvalue weighted by Crippen LogP contribution is 2.32. The lowest BCUT2D eigenvalue weighted by atomic mass is 10.1. The van der Waals surface area contributed by atoms with Gasteiger partial charge in [0.25, 0.3) is 12.0 Å². The van der Waals surface area contributed by atoms with Crippen LogP contribution < -0.4 is 15.8 Å². The molecule has 1 unspecified atom stereocenters. The quantitative estimate of drug-likeness (QED) is 0.663. The Balaban J connectivity index is 1.57. The average molecular weight is 419 g/mol. The van der Waals surface area contributed by atoms with Crippen LogP contribution in [-0.2, 0) is 4.79 Å². The van der Waals surface area contributed by atoms with E-state index in [-0.39, 0.29) is 22.3 Å². The molecular weight excluding hydrogens is 400 g/mol. The molecule has 1 aliphatic heterocycles. The number of carbonyl (C=O) groups is 1. The summed E-state index contributed by atoms with van der Waals surface area (Å²) in [7, 11) is 0. The number of alkyl halides is 2.